The van der Waals surface area contributed by atoms with Crippen molar-refractivity contribution in [1.82, 2.24) is 0 Å². The minimum atomic E-state index is -1.02. The summed E-state index contributed by atoms with van der Waals surface area (Å²) in [6.07, 6.45) is 1.57. The van der Waals surface area contributed by atoms with Crippen LogP contribution in [-0.2, 0) is 4.79 Å². The fraction of sp³-hybridized carbons (Fsp3) is 0. The van der Waals surface area contributed by atoms with E-state index in [0.29, 0.717) is 15.6 Å². The maximum atomic E-state index is 11.4. The van der Waals surface area contributed by atoms with Crippen LogP contribution in [0.3, 0.4) is 0 Å². The number of carboxylic acids is 1. The number of carbonyl (C=O) groups is 1. The van der Waals surface area contributed by atoms with Crippen molar-refractivity contribution in [3.05, 3.63) is 69.7 Å². The van der Waals surface area contributed by atoms with Gasteiger partial charge in [0.1, 0.15) is 0 Å². The lowest BCUT2D eigenvalue weighted by molar-refractivity contribution is -0.130. The van der Waals surface area contributed by atoms with Gasteiger partial charge in [-0.15, -0.1) is 0 Å². The van der Waals surface area contributed by atoms with Crippen molar-refractivity contribution in [3.63, 3.8) is 0 Å². The summed E-state index contributed by atoms with van der Waals surface area (Å²) in [4.78, 5) is 11.4. The smallest absolute Gasteiger partial charge is 0.336 e. The quantitative estimate of drug-likeness (QED) is 0.662. The number of carboxylic acid groups (broad SMARTS) is 1. The molecule has 0 amide bonds. The number of halogens is 2. The minimum Gasteiger partial charge on any atom is -0.478 e. The molecule has 2 aromatic rings. The lowest BCUT2D eigenvalue weighted by Crippen LogP contribution is -2.00. The molecule has 0 heterocycles. The molecule has 0 aliphatic rings. The van der Waals surface area contributed by atoms with E-state index in [1.54, 1.807) is 54.6 Å². The van der Waals surface area contributed by atoms with Gasteiger partial charge in [-0.05, 0) is 29.8 Å². The predicted molar refractivity (Wildman–Crippen MR) is 78.4 cm³/mol. The fourth-order valence-corrected chi connectivity index (χ4v) is 2.02. The van der Waals surface area contributed by atoms with Crippen LogP contribution >= 0.6 is 23.2 Å². The average Bonchev–Trinajstić information content (AvgIpc) is 2.39. The second kappa shape index (κ2) is 5.91. The van der Waals surface area contributed by atoms with Crippen molar-refractivity contribution in [1.29, 1.82) is 0 Å². The molecule has 2 rings (SSSR count). The largest absolute Gasteiger partial charge is 0.478 e. The highest BCUT2D eigenvalue weighted by Crippen LogP contribution is 2.26. The van der Waals surface area contributed by atoms with Gasteiger partial charge in [0.05, 0.1) is 5.57 Å². The lowest BCUT2D eigenvalue weighted by atomic mass is 10.0. The Hall–Kier alpha value is -1.77. The molecule has 0 spiro atoms. The van der Waals surface area contributed by atoms with Crippen molar-refractivity contribution >= 4 is 40.8 Å². The van der Waals surface area contributed by atoms with Crippen molar-refractivity contribution in [3.8, 4) is 0 Å². The number of aliphatic carboxylic acids is 1. The molecule has 0 unspecified atom stereocenters. The summed E-state index contributed by atoms with van der Waals surface area (Å²) in [7, 11) is 0. The minimum absolute atomic E-state index is 0.146. The molecule has 2 aromatic carbocycles. The Labute approximate surface area is 120 Å². The lowest BCUT2D eigenvalue weighted by Gasteiger charge is -2.05. The van der Waals surface area contributed by atoms with Gasteiger partial charge >= 0.3 is 5.97 Å². The molecule has 1 N–H and O–H groups in total. The first kappa shape index (κ1) is 13.7. The molecule has 0 aliphatic carbocycles. The Bertz CT molecular complexity index is 631. The van der Waals surface area contributed by atoms with Gasteiger partial charge in [-0.1, -0.05) is 53.5 Å². The van der Waals surface area contributed by atoms with Crippen LogP contribution in [0.1, 0.15) is 11.1 Å². The zero-order valence-electron chi connectivity index (χ0n) is 9.81. The normalized spacial score (nSPS) is 11.4. The third kappa shape index (κ3) is 3.37. The first-order valence-corrected chi connectivity index (χ1v) is 6.29. The van der Waals surface area contributed by atoms with Crippen LogP contribution in [0.4, 0.5) is 0 Å². The molecule has 0 radical (unpaired) electrons. The Morgan fingerprint density at radius 1 is 1.00 bits per heavy atom. The van der Waals surface area contributed by atoms with Crippen LogP contribution in [0, 0.1) is 0 Å². The molecule has 0 fully saturated rings. The van der Waals surface area contributed by atoms with E-state index in [2.05, 4.69) is 0 Å². The summed E-state index contributed by atoms with van der Waals surface area (Å²) in [6, 6.07) is 13.8. The molecule has 0 bridgehead atoms. The van der Waals surface area contributed by atoms with Crippen LogP contribution in [-0.4, -0.2) is 11.1 Å². The summed E-state index contributed by atoms with van der Waals surface area (Å²) in [5.74, 6) is -1.02. The van der Waals surface area contributed by atoms with E-state index >= 15 is 0 Å². The van der Waals surface area contributed by atoms with Gasteiger partial charge in [-0.2, -0.15) is 0 Å². The molecule has 0 saturated carbocycles. The molecular weight excluding hydrogens is 283 g/mol. The van der Waals surface area contributed by atoms with E-state index in [1.807, 2.05) is 0 Å². The molecule has 4 heteroatoms. The van der Waals surface area contributed by atoms with Crippen LogP contribution in [0.15, 0.2) is 48.5 Å². The maximum absolute atomic E-state index is 11.4. The third-order valence-corrected chi connectivity index (χ3v) is 3.16. The summed E-state index contributed by atoms with van der Waals surface area (Å²) in [5, 5.41) is 10.3. The Morgan fingerprint density at radius 3 is 2.21 bits per heavy atom. The van der Waals surface area contributed by atoms with E-state index in [-0.39, 0.29) is 5.57 Å². The van der Waals surface area contributed by atoms with E-state index in [4.69, 9.17) is 23.2 Å². The summed E-state index contributed by atoms with van der Waals surface area (Å²) >= 11 is 11.8. The van der Waals surface area contributed by atoms with Crippen molar-refractivity contribution in [2.75, 3.05) is 0 Å². The summed E-state index contributed by atoms with van der Waals surface area (Å²) < 4.78 is 0. The topological polar surface area (TPSA) is 37.3 Å². The highest BCUT2D eigenvalue weighted by Gasteiger charge is 2.13. The number of hydrogen-bond acceptors (Lipinski definition) is 1. The van der Waals surface area contributed by atoms with E-state index in [1.165, 1.54) is 0 Å². The van der Waals surface area contributed by atoms with E-state index in [9.17, 15) is 9.90 Å². The van der Waals surface area contributed by atoms with Gasteiger partial charge in [0.2, 0.25) is 0 Å². The standard InChI is InChI=1S/C15H10Cl2O2/c16-11-7-5-10(6-8-11)9-13(15(18)19)12-3-1-2-4-14(12)17/h1-9H,(H,18,19)/b13-9+. The van der Waals surface area contributed by atoms with Gasteiger partial charge in [0.25, 0.3) is 0 Å². The first-order chi connectivity index (χ1) is 9.08. The van der Waals surface area contributed by atoms with Crippen molar-refractivity contribution < 1.29 is 9.90 Å². The molecular formula is C15H10Cl2O2. The van der Waals surface area contributed by atoms with Crippen LogP contribution < -0.4 is 0 Å². The molecule has 0 aromatic heterocycles. The maximum Gasteiger partial charge on any atom is 0.336 e. The highest BCUT2D eigenvalue weighted by atomic mass is 35.5. The summed E-state index contributed by atoms with van der Waals surface area (Å²) in [6.45, 7) is 0. The van der Waals surface area contributed by atoms with E-state index in [0.717, 1.165) is 5.56 Å². The second-order valence-corrected chi connectivity index (χ2v) is 4.74. The van der Waals surface area contributed by atoms with Crippen LogP contribution in [0.2, 0.25) is 10.0 Å². The Balaban J connectivity index is 2.50. The number of benzene rings is 2. The average molecular weight is 293 g/mol. The van der Waals surface area contributed by atoms with Gasteiger partial charge in [-0.3, -0.25) is 0 Å². The number of hydrogen-bond donors (Lipinski definition) is 1. The van der Waals surface area contributed by atoms with Crippen LogP contribution in [0.5, 0.6) is 0 Å². The monoisotopic (exact) mass is 292 g/mol. The predicted octanol–water partition coefficient (Wildman–Crippen LogP) is 4.62. The molecule has 19 heavy (non-hydrogen) atoms. The van der Waals surface area contributed by atoms with Crippen molar-refractivity contribution in [2.45, 2.75) is 0 Å². The van der Waals surface area contributed by atoms with Crippen LogP contribution in [0.25, 0.3) is 11.6 Å². The number of rotatable bonds is 3. The second-order valence-electron chi connectivity index (χ2n) is 3.89. The molecule has 0 aliphatic heterocycles. The molecule has 0 atom stereocenters. The Kier molecular flexibility index (Phi) is 4.25. The first-order valence-electron chi connectivity index (χ1n) is 5.53. The molecule has 2 nitrogen and oxygen atoms in total. The van der Waals surface area contributed by atoms with Gasteiger partial charge in [-0.25, -0.2) is 4.79 Å². The highest BCUT2D eigenvalue weighted by molar-refractivity contribution is 6.35. The Morgan fingerprint density at radius 2 is 1.63 bits per heavy atom. The molecule has 96 valence electrons. The fourth-order valence-electron chi connectivity index (χ4n) is 1.66. The summed E-state index contributed by atoms with van der Waals surface area (Å²) in [5.41, 5.74) is 1.39. The van der Waals surface area contributed by atoms with Crippen molar-refractivity contribution in [2.24, 2.45) is 0 Å². The van der Waals surface area contributed by atoms with Gasteiger partial charge < -0.3 is 5.11 Å². The zero-order valence-corrected chi connectivity index (χ0v) is 11.3. The van der Waals surface area contributed by atoms with E-state index < -0.39 is 5.97 Å². The van der Waals surface area contributed by atoms with Gasteiger partial charge in [0, 0.05) is 15.6 Å². The third-order valence-electron chi connectivity index (χ3n) is 2.58. The molecule has 0 saturated heterocycles. The van der Waals surface area contributed by atoms with Gasteiger partial charge in [0.15, 0.2) is 0 Å². The SMILES string of the molecule is O=C(O)/C(=C/c1ccc(Cl)cc1)c1ccccc1Cl. The zero-order chi connectivity index (χ0) is 13.8.